The quantitative estimate of drug-likeness (QED) is 0.753. The van der Waals surface area contributed by atoms with E-state index >= 15 is 0 Å². The highest BCUT2D eigenvalue weighted by atomic mass is 32.2. The largest absolute Gasteiger partial charge is 0.439 e. The molecule has 0 fully saturated rings. The van der Waals surface area contributed by atoms with Crippen LogP contribution in [-0.4, -0.2) is 15.0 Å². The normalized spacial score (nSPS) is 10.4. The van der Waals surface area contributed by atoms with E-state index in [0.29, 0.717) is 16.2 Å². The van der Waals surface area contributed by atoms with Crippen molar-refractivity contribution in [1.29, 1.82) is 0 Å². The topological polar surface area (TPSA) is 77.8 Å². The molecule has 5 nitrogen and oxygen atoms in total. The number of anilines is 1. The summed E-state index contributed by atoms with van der Waals surface area (Å²) in [6.07, 6.45) is 3.18. The summed E-state index contributed by atoms with van der Waals surface area (Å²) in [6.45, 7) is 1.85. The molecular weight excluding hydrogens is 200 g/mol. The van der Waals surface area contributed by atoms with Crippen LogP contribution in [0.3, 0.4) is 0 Å². The zero-order valence-corrected chi connectivity index (χ0v) is 8.28. The van der Waals surface area contributed by atoms with Gasteiger partial charge in [0.25, 0.3) is 5.22 Å². The summed E-state index contributed by atoms with van der Waals surface area (Å²) in [4.78, 5) is 12.1. The lowest BCUT2D eigenvalue weighted by molar-refractivity contribution is 0.453. The first-order chi connectivity index (χ1) is 6.74. The van der Waals surface area contributed by atoms with Gasteiger partial charge in [-0.2, -0.15) is 0 Å². The van der Waals surface area contributed by atoms with E-state index in [0.717, 1.165) is 5.69 Å². The Kier molecular flexibility index (Phi) is 2.36. The summed E-state index contributed by atoms with van der Waals surface area (Å²) < 4.78 is 5.14. The van der Waals surface area contributed by atoms with E-state index in [4.69, 9.17) is 10.2 Å². The molecule has 0 unspecified atom stereocenters. The molecule has 0 aromatic carbocycles. The summed E-state index contributed by atoms with van der Waals surface area (Å²) in [5.74, 6) is 0.436. The van der Waals surface area contributed by atoms with Gasteiger partial charge in [0.2, 0.25) is 0 Å². The van der Waals surface area contributed by atoms with E-state index in [1.165, 1.54) is 11.8 Å². The van der Waals surface area contributed by atoms with Crippen molar-refractivity contribution in [3.63, 3.8) is 0 Å². The van der Waals surface area contributed by atoms with Crippen molar-refractivity contribution in [2.45, 2.75) is 17.3 Å². The Bertz CT molecular complexity index is 442. The van der Waals surface area contributed by atoms with Crippen LogP contribution < -0.4 is 5.73 Å². The fourth-order valence-corrected chi connectivity index (χ4v) is 1.57. The number of hydrogen-bond donors (Lipinski definition) is 1. The second kappa shape index (κ2) is 3.67. The number of aromatic nitrogens is 3. The van der Waals surface area contributed by atoms with Gasteiger partial charge in [-0.05, 0) is 13.0 Å². The van der Waals surface area contributed by atoms with Gasteiger partial charge in [-0.15, -0.1) is 0 Å². The number of rotatable bonds is 2. The van der Waals surface area contributed by atoms with Gasteiger partial charge < -0.3 is 10.2 Å². The monoisotopic (exact) mass is 208 g/mol. The van der Waals surface area contributed by atoms with Gasteiger partial charge in [-0.3, -0.25) is 0 Å². The van der Waals surface area contributed by atoms with Crippen LogP contribution in [0.25, 0.3) is 0 Å². The number of aryl methyl sites for hydroxylation is 1. The zero-order chi connectivity index (χ0) is 9.97. The van der Waals surface area contributed by atoms with Crippen LogP contribution in [0.5, 0.6) is 0 Å². The molecule has 0 radical (unpaired) electrons. The van der Waals surface area contributed by atoms with E-state index < -0.39 is 0 Å². The molecule has 2 aromatic rings. The predicted molar refractivity (Wildman–Crippen MR) is 51.8 cm³/mol. The summed E-state index contributed by atoms with van der Waals surface area (Å²) in [6, 6.07) is 1.63. The average molecular weight is 208 g/mol. The Hall–Kier alpha value is -1.56. The van der Waals surface area contributed by atoms with Gasteiger partial charge >= 0.3 is 0 Å². The first-order valence-corrected chi connectivity index (χ1v) is 4.74. The molecule has 2 heterocycles. The second-order valence-electron chi connectivity index (χ2n) is 2.62. The van der Waals surface area contributed by atoms with Gasteiger partial charge in [0, 0.05) is 18.0 Å². The Morgan fingerprint density at radius 2 is 2.29 bits per heavy atom. The summed E-state index contributed by atoms with van der Waals surface area (Å²) >= 11 is 1.24. The van der Waals surface area contributed by atoms with Gasteiger partial charge in [-0.1, -0.05) is 0 Å². The summed E-state index contributed by atoms with van der Waals surface area (Å²) in [5.41, 5.74) is 6.33. The van der Waals surface area contributed by atoms with Gasteiger partial charge in [0.1, 0.15) is 12.1 Å². The molecule has 0 aliphatic rings. The van der Waals surface area contributed by atoms with Crippen molar-refractivity contribution in [1.82, 2.24) is 15.0 Å². The lowest BCUT2D eigenvalue weighted by Gasteiger charge is -1.95. The van der Waals surface area contributed by atoms with Crippen LogP contribution >= 0.6 is 11.8 Å². The molecule has 2 N–H and O–H groups in total. The molecule has 0 saturated heterocycles. The molecule has 2 rings (SSSR count). The number of nitrogens with two attached hydrogens (primary N) is 1. The molecule has 0 atom stereocenters. The molecule has 2 aromatic heterocycles. The number of nitrogens with zero attached hydrogens (tertiary/aromatic N) is 3. The van der Waals surface area contributed by atoms with Crippen LogP contribution in [0.1, 0.15) is 5.69 Å². The van der Waals surface area contributed by atoms with Crippen molar-refractivity contribution in [3.05, 3.63) is 24.2 Å². The maximum atomic E-state index is 5.50. The maximum Gasteiger partial charge on any atom is 0.263 e. The Labute approximate surface area is 84.8 Å². The highest BCUT2D eigenvalue weighted by molar-refractivity contribution is 7.98. The highest BCUT2D eigenvalue weighted by Gasteiger charge is 2.05. The van der Waals surface area contributed by atoms with Crippen LogP contribution in [0.15, 0.2) is 33.3 Å². The smallest absolute Gasteiger partial charge is 0.263 e. The fraction of sp³-hybridized carbons (Fsp3) is 0.125. The van der Waals surface area contributed by atoms with Crippen LogP contribution in [0.4, 0.5) is 5.82 Å². The minimum Gasteiger partial charge on any atom is -0.439 e. The standard InChI is InChI=1S/C8H8N4OS/c1-5-4-13-8(11-5)14-7-10-3-2-6(9)12-7/h2-4H,1H3,(H2,9,10,12). The molecule has 0 aliphatic carbocycles. The first kappa shape index (κ1) is 9.01. The number of oxazole rings is 1. The molecule has 0 aliphatic heterocycles. The molecular formula is C8H8N4OS. The third-order valence-corrected chi connectivity index (χ3v) is 2.17. The lowest BCUT2D eigenvalue weighted by Crippen LogP contribution is -1.92. The van der Waals surface area contributed by atoms with Gasteiger partial charge in [0.15, 0.2) is 5.16 Å². The Morgan fingerprint density at radius 1 is 1.43 bits per heavy atom. The first-order valence-electron chi connectivity index (χ1n) is 3.92. The molecule has 0 spiro atoms. The average Bonchev–Trinajstić information content (AvgIpc) is 2.51. The third kappa shape index (κ3) is 2.02. The summed E-state index contributed by atoms with van der Waals surface area (Å²) in [5, 5.41) is 1.06. The molecule has 0 amide bonds. The van der Waals surface area contributed by atoms with E-state index in [-0.39, 0.29) is 0 Å². The van der Waals surface area contributed by atoms with Crippen molar-refractivity contribution in [3.8, 4) is 0 Å². The Morgan fingerprint density at radius 3 is 2.93 bits per heavy atom. The second-order valence-corrected chi connectivity index (χ2v) is 3.54. The van der Waals surface area contributed by atoms with E-state index in [9.17, 15) is 0 Å². The van der Waals surface area contributed by atoms with Gasteiger partial charge in [0.05, 0.1) is 5.69 Å². The zero-order valence-electron chi connectivity index (χ0n) is 7.47. The van der Waals surface area contributed by atoms with Gasteiger partial charge in [-0.25, -0.2) is 15.0 Å². The predicted octanol–water partition coefficient (Wildman–Crippen LogP) is 1.51. The molecule has 72 valence electrons. The SMILES string of the molecule is Cc1coc(Sc2nccc(N)n2)n1. The minimum atomic E-state index is 0.436. The fourth-order valence-electron chi connectivity index (χ4n) is 0.860. The van der Waals surface area contributed by atoms with E-state index in [2.05, 4.69) is 15.0 Å². The lowest BCUT2D eigenvalue weighted by atomic mass is 10.6. The van der Waals surface area contributed by atoms with Crippen molar-refractivity contribution >= 4 is 17.6 Å². The Balaban J connectivity index is 2.18. The van der Waals surface area contributed by atoms with E-state index in [1.54, 1.807) is 18.5 Å². The van der Waals surface area contributed by atoms with Crippen LogP contribution in [0, 0.1) is 6.92 Å². The summed E-state index contributed by atoms with van der Waals surface area (Å²) in [7, 11) is 0. The molecule has 6 heteroatoms. The minimum absolute atomic E-state index is 0.436. The molecule has 14 heavy (non-hydrogen) atoms. The van der Waals surface area contributed by atoms with Crippen molar-refractivity contribution < 1.29 is 4.42 Å². The molecule has 0 bridgehead atoms. The number of nitrogen functional groups attached to an aromatic ring is 1. The van der Waals surface area contributed by atoms with Crippen molar-refractivity contribution in [2.24, 2.45) is 0 Å². The van der Waals surface area contributed by atoms with E-state index in [1.807, 2.05) is 6.92 Å². The van der Waals surface area contributed by atoms with Crippen molar-refractivity contribution in [2.75, 3.05) is 5.73 Å². The van der Waals surface area contributed by atoms with Crippen LogP contribution in [-0.2, 0) is 0 Å². The molecule has 0 saturated carbocycles. The van der Waals surface area contributed by atoms with Crippen LogP contribution in [0.2, 0.25) is 0 Å². The number of hydrogen-bond acceptors (Lipinski definition) is 6. The third-order valence-electron chi connectivity index (χ3n) is 1.43. The maximum absolute atomic E-state index is 5.50. The highest BCUT2D eigenvalue weighted by Crippen LogP contribution is 2.23.